The summed E-state index contributed by atoms with van der Waals surface area (Å²) < 4.78 is 27.1. The van der Waals surface area contributed by atoms with Crippen LogP contribution >= 0.6 is 0 Å². The molecule has 7 nitrogen and oxygen atoms in total. The van der Waals surface area contributed by atoms with Crippen LogP contribution in [0.15, 0.2) is 36.4 Å². The lowest BCUT2D eigenvalue weighted by atomic mass is 10.2. The molecular formula is C20H22O7. The molecule has 144 valence electrons. The van der Waals surface area contributed by atoms with E-state index in [1.165, 1.54) is 14.2 Å². The maximum Gasteiger partial charge on any atom is 0.203 e. The number of hydrogen-bond acceptors (Lipinski definition) is 7. The Balaban J connectivity index is 1.73. The van der Waals surface area contributed by atoms with Gasteiger partial charge in [0.15, 0.2) is 11.5 Å². The second-order valence-electron chi connectivity index (χ2n) is 5.37. The minimum absolute atomic E-state index is 0.279. The number of aldehydes is 2. The number of methoxy groups -OCH3 is 2. The van der Waals surface area contributed by atoms with Crippen LogP contribution in [0.1, 0.15) is 20.7 Å². The predicted octanol–water partition coefficient (Wildman–Crippen LogP) is 2.80. The number of carbonyl (C=O) groups excluding carboxylic acids is 2. The first-order valence-corrected chi connectivity index (χ1v) is 8.31. The van der Waals surface area contributed by atoms with Gasteiger partial charge in [-0.25, -0.2) is 0 Å². The Morgan fingerprint density at radius 1 is 0.741 bits per heavy atom. The van der Waals surface area contributed by atoms with Crippen LogP contribution in [0, 0.1) is 0 Å². The number of benzene rings is 2. The molecule has 0 fully saturated rings. The summed E-state index contributed by atoms with van der Waals surface area (Å²) in [5.41, 5.74) is 1.04. The van der Waals surface area contributed by atoms with Gasteiger partial charge >= 0.3 is 0 Å². The lowest BCUT2D eigenvalue weighted by Crippen LogP contribution is -2.12. The lowest BCUT2D eigenvalue weighted by Gasteiger charge is -2.15. The van der Waals surface area contributed by atoms with Crippen LogP contribution in [-0.4, -0.2) is 53.2 Å². The lowest BCUT2D eigenvalue weighted by molar-refractivity contribution is 0.0749. The average molecular weight is 374 g/mol. The van der Waals surface area contributed by atoms with Crippen LogP contribution in [0.5, 0.6) is 23.0 Å². The molecule has 0 saturated heterocycles. The molecule has 0 atom stereocenters. The van der Waals surface area contributed by atoms with Gasteiger partial charge in [-0.15, -0.1) is 0 Å². The molecule has 7 heteroatoms. The van der Waals surface area contributed by atoms with Gasteiger partial charge in [0.1, 0.15) is 31.5 Å². The van der Waals surface area contributed by atoms with E-state index in [0.717, 1.165) is 6.29 Å². The summed E-state index contributed by atoms with van der Waals surface area (Å²) in [4.78, 5) is 21.5. The molecule has 0 aliphatic heterocycles. The van der Waals surface area contributed by atoms with E-state index < -0.39 is 0 Å². The summed E-state index contributed by atoms with van der Waals surface area (Å²) in [6.07, 6.45) is 1.49. The van der Waals surface area contributed by atoms with Gasteiger partial charge in [0.05, 0.1) is 27.4 Å². The van der Waals surface area contributed by atoms with E-state index in [0.29, 0.717) is 60.2 Å². The van der Waals surface area contributed by atoms with Gasteiger partial charge in [-0.05, 0) is 36.4 Å². The predicted molar refractivity (Wildman–Crippen MR) is 98.6 cm³/mol. The molecule has 0 aromatic heterocycles. The first kappa shape index (κ1) is 20.3. The van der Waals surface area contributed by atoms with Crippen molar-refractivity contribution in [3.63, 3.8) is 0 Å². The molecule has 0 heterocycles. The maximum atomic E-state index is 11.0. The molecule has 0 amide bonds. The van der Waals surface area contributed by atoms with E-state index in [9.17, 15) is 9.59 Å². The minimum Gasteiger partial charge on any atom is -0.493 e. The number of rotatable bonds is 12. The second kappa shape index (κ2) is 10.8. The molecule has 2 aromatic carbocycles. The Kier molecular flexibility index (Phi) is 8.12. The van der Waals surface area contributed by atoms with Crippen LogP contribution in [0.2, 0.25) is 0 Å². The SMILES string of the molecule is COc1cc(C=O)cc(OC)c1OCCOCCOc1ccc(C=O)cc1. The van der Waals surface area contributed by atoms with Crippen molar-refractivity contribution in [1.29, 1.82) is 0 Å². The summed E-state index contributed by atoms with van der Waals surface area (Å²) >= 11 is 0. The van der Waals surface area contributed by atoms with E-state index in [4.69, 9.17) is 23.7 Å². The third kappa shape index (κ3) is 6.00. The van der Waals surface area contributed by atoms with Crippen molar-refractivity contribution in [3.8, 4) is 23.0 Å². The molecule has 0 saturated carbocycles. The summed E-state index contributed by atoms with van der Waals surface area (Å²) in [6.45, 7) is 1.38. The summed E-state index contributed by atoms with van der Waals surface area (Å²) in [5.74, 6) is 1.92. The van der Waals surface area contributed by atoms with E-state index in [1.807, 2.05) is 0 Å². The zero-order valence-electron chi connectivity index (χ0n) is 15.3. The molecule has 0 N–H and O–H groups in total. The fourth-order valence-corrected chi connectivity index (χ4v) is 2.28. The maximum absolute atomic E-state index is 11.0. The quantitative estimate of drug-likeness (QED) is 0.417. The summed E-state index contributed by atoms with van der Waals surface area (Å²) in [5, 5.41) is 0. The average Bonchev–Trinajstić information content (AvgIpc) is 2.73. The van der Waals surface area contributed by atoms with Crippen LogP contribution in [-0.2, 0) is 4.74 Å². The van der Waals surface area contributed by atoms with E-state index in [-0.39, 0.29) is 6.61 Å². The van der Waals surface area contributed by atoms with Crippen molar-refractivity contribution in [1.82, 2.24) is 0 Å². The van der Waals surface area contributed by atoms with Crippen molar-refractivity contribution >= 4 is 12.6 Å². The van der Waals surface area contributed by atoms with Crippen LogP contribution in [0.3, 0.4) is 0 Å². The third-order valence-corrected chi connectivity index (χ3v) is 3.61. The highest BCUT2D eigenvalue weighted by Gasteiger charge is 2.14. The van der Waals surface area contributed by atoms with Gasteiger partial charge in [-0.3, -0.25) is 9.59 Å². The minimum atomic E-state index is 0.279. The Morgan fingerprint density at radius 2 is 1.30 bits per heavy atom. The Morgan fingerprint density at radius 3 is 1.81 bits per heavy atom. The largest absolute Gasteiger partial charge is 0.493 e. The van der Waals surface area contributed by atoms with Crippen molar-refractivity contribution in [2.24, 2.45) is 0 Å². The van der Waals surface area contributed by atoms with Crippen molar-refractivity contribution in [3.05, 3.63) is 47.5 Å². The Hall–Kier alpha value is -3.06. The van der Waals surface area contributed by atoms with Crippen molar-refractivity contribution < 1.29 is 33.3 Å². The number of carbonyl (C=O) groups is 2. The molecule has 0 aliphatic carbocycles. The summed E-state index contributed by atoms with van der Waals surface area (Å²) in [7, 11) is 2.98. The first-order valence-electron chi connectivity index (χ1n) is 8.31. The fourth-order valence-electron chi connectivity index (χ4n) is 2.28. The standard InChI is InChI=1S/C20H22O7/c1-23-18-11-16(14-22)12-19(24-2)20(18)27-10-8-25-7-9-26-17-5-3-15(13-21)4-6-17/h3-6,11-14H,7-10H2,1-2H3. The van der Waals surface area contributed by atoms with Gasteiger partial charge in [-0.2, -0.15) is 0 Å². The third-order valence-electron chi connectivity index (χ3n) is 3.61. The normalized spacial score (nSPS) is 10.1. The smallest absolute Gasteiger partial charge is 0.203 e. The van der Waals surface area contributed by atoms with E-state index in [2.05, 4.69) is 0 Å². The Bertz CT molecular complexity index is 715. The molecule has 2 rings (SSSR count). The molecule has 0 aliphatic rings. The molecular weight excluding hydrogens is 352 g/mol. The zero-order chi connectivity index (χ0) is 19.5. The fraction of sp³-hybridized carbons (Fsp3) is 0.300. The topological polar surface area (TPSA) is 80.3 Å². The van der Waals surface area contributed by atoms with E-state index >= 15 is 0 Å². The van der Waals surface area contributed by atoms with Gasteiger partial charge in [0.25, 0.3) is 0 Å². The Labute approximate surface area is 157 Å². The van der Waals surface area contributed by atoms with Crippen molar-refractivity contribution in [2.45, 2.75) is 0 Å². The molecule has 0 unspecified atom stereocenters. The van der Waals surface area contributed by atoms with Gasteiger partial charge in [0, 0.05) is 11.1 Å². The van der Waals surface area contributed by atoms with Crippen LogP contribution in [0.25, 0.3) is 0 Å². The monoisotopic (exact) mass is 374 g/mol. The van der Waals surface area contributed by atoms with Gasteiger partial charge < -0.3 is 23.7 Å². The number of hydrogen-bond donors (Lipinski definition) is 0. The van der Waals surface area contributed by atoms with Crippen LogP contribution in [0.4, 0.5) is 0 Å². The molecule has 0 bridgehead atoms. The van der Waals surface area contributed by atoms with Crippen LogP contribution < -0.4 is 18.9 Å². The highest BCUT2D eigenvalue weighted by atomic mass is 16.6. The molecule has 2 aromatic rings. The second-order valence-corrected chi connectivity index (χ2v) is 5.37. The van der Waals surface area contributed by atoms with Crippen molar-refractivity contribution in [2.75, 3.05) is 40.6 Å². The highest BCUT2D eigenvalue weighted by Crippen LogP contribution is 2.38. The van der Waals surface area contributed by atoms with Gasteiger partial charge in [0.2, 0.25) is 5.75 Å². The summed E-state index contributed by atoms with van der Waals surface area (Å²) in [6, 6.07) is 10.00. The zero-order valence-corrected chi connectivity index (χ0v) is 15.3. The first-order chi connectivity index (χ1) is 13.2. The van der Waals surface area contributed by atoms with E-state index in [1.54, 1.807) is 36.4 Å². The highest BCUT2D eigenvalue weighted by molar-refractivity contribution is 5.78. The molecule has 0 spiro atoms. The van der Waals surface area contributed by atoms with Gasteiger partial charge in [-0.1, -0.05) is 0 Å². The molecule has 27 heavy (non-hydrogen) atoms. The number of ether oxygens (including phenoxy) is 5. The molecule has 0 radical (unpaired) electrons.